The Morgan fingerprint density at radius 2 is 2.13 bits per heavy atom. The van der Waals surface area contributed by atoms with Crippen LogP contribution in [-0.2, 0) is 6.42 Å². The Labute approximate surface area is 137 Å². The van der Waals surface area contributed by atoms with Crippen molar-refractivity contribution < 1.29 is 9.59 Å². The fraction of sp³-hybridized carbons (Fsp3) is 0.529. The number of nitrogens with zero attached hydrogens (tertiary/aromatic N) is 2. The number of nitrogens with one attached hydrogen (secondary N) is 2. The molecule has 2 rings (SSSR count). The van der Waals surface area contributed by atoms with Gasteiger partial charge in [0.2, 0.25) is 0 Å². The predicted molar refractivity (Wildman–Crippen MR) is 90.6 cm³/mol. The molecule has 126 valence electrons. The van der Waals surface area contributed by atoms with Gasteiger partial charge in [0.05, 0.1) is 0 Å². The summed E-state index contributed by atoms with van der Waals surface area (Å²) in [5, 5.41) is 5.58. The smallest absolute Gasteiger partial charge is 0.317 e. The Balaban J connectivity index is 1.79. The normalized spacial score (nSPS) is 17.4. The third-order valence-corrected chi connectivity index (χ3v) is 4.29. The van der Waals surface area contributed by atoms with Gasteiger partial charge in [-0.3, -0.25) is 4.79 Å². The highest BCUT2D eigenvalue weighted by Crippen LogP contribution is 2.13. The van der Waals surface area contributed by atoms with E-state index in [1.54, 1.807) is 13.1 Å². The van der Waals surface area contributed by atoms with E-state index < -0.39 is 0 Å². The van der Waals surface area contributed by atoms with Crippen molar-refractivity contribution in [3.63, 3.8) is 0 Å². The predicted octanol–water partition coefficient (Wildman–Crippen LogP) is 0.934. The van der Waals surface area contributed by atoms with Crippen LogP contribution in [0.4, 0.5) is 4.79 Å². The maximum atomic E-state index is 12.2. The summed E-state index contributed by atoms with van der Waals surface area (Å²) in [6.45, 7) is 2.16. The molecule has 1 fully saturated rings. The molecular weight excluding hydrogens is 292 g/mol. The van der Waals surface area contributed by atoms with Crippen LogP contribution < -0.4 is 10.6 Å². The summed E-state index contributed by atoms with van der Waals surface area (Å²) in [5.74, 6) is -0.0947. The monoisotopic (exact) mass is 318 g/mol. The van der Waals surface area contributed by atoms with E-state index in [2.05, 4.69) is 15.5 Å². The molecule has 0 bridgehead atoms. The number of likely N-dealkylation sites (tertiary alicyclic amines) is 1. The van der Waals surface area contributed by atoms with Gasteiger partial charge in [0.25, 0.3) is 5.91 Å². The van der Waals surface area contributed by atoms with Crippen LogP contribution in [0.15, 0.2) is 24.3 Å². The van der Waals surface area contributed by atoms with Gasteiger partial charge in [0, 0.05) is 38.3 Å². The first-order valence-electron chi connectivity index (χ1n) is 8.01. The van der Waals surface area contributed by atoms with Crippen LogP contribution in [0.1, 0.15) is 22.3 Å². The molecule has 1 aromatic rings. The highest BCUT2D eigenvalue weighted by Gasteiger charge is 2.26. The van der Waals surface area contributed by atoms with Crippen molar-refractivity contribution >= 4 is 11.9 Å². The minimum absolute atomic E-state index is 0.00296. The minimum Gasteiger partial charge on any atom is -0.355 e. The highest BCUT2D eigenvalue weighted by atomic mass is 16.2. The van der Waals surface area contributed by atoms with Gasteiger partial charge in [-0.05, 0) is 44.6 Å². The lowest BCUT2D eigenvalue weighted by molar-refractivity contribution is 0.0963. The molecule has 3 amide bonds. The molecule has 1 saturated heterocycles. The van der Waals surface area contributed by atoms with E-state index in [9.17, 15) is 9.59 Å². The van der Waals surface area contributed by atoms with E-state index in [0.717, 1.165) is 25.1 Å². The van der Waals surface area contributed by atoms with Crippen molar-refractivity contribution in [2.45, 2.75) is 18.9 Å². The molecule has 1 atom stereocenters. The molecular formula is C17H26N4O2. The average molecular weight is 318 g/mol. The summed E-state index contributed by atoms with van der Waals surface area (Å²) >= 11 is 0. The zero-order valence-electron chi connectivity index (χ0n) is 14.1. The quantitative estimate of drug-likeness (QED) is 0.849. The number of hydrogen-bond donors (Lipinski definition) is 2. The first-order chi connectivity index (χ1) is 11.0. The number of likely N-dealkylation sites (N-methyl/N-ethyl adjacent to an activating group) is 1. The largest absolute Gasteiger partial charge is 0.355 e. The Morgan fingerprint density at radius 3 is 2.78 bits per heavy atom. The molecule has 0 radical (unpaired) electrons. The van der Waals surface area contributed by atoms with Crippen LogP contribution in [0.3, 0.4) is 0 Å². The number of rotatable bonds is 5. The molecule has 1 unspecified atom stereocenters. The Bertz CT molecular complexity index is 559. The summed E-state index contributed by atoms with van der Waals surface area (Å²) in [5.41, 5.74) is 1.68. The second-order valence-corrected chi connectivity index (χ2v) is 6.11. The zero-order chi connectivity index (χ0) is 16.8. The third-order valence-electron chi connectivity index (χ3n) is 4.29. The Kier molecular flexibility index (Phi) is 5.98. The average Bonchev–Trinajstić information content (AvgIpc) is 3.04. The van der Waals surface area contributed by atoms with Crippen molar-refractivity contribution in [1.29, 1.82) is 0 Å². The van der Waals surface area contributed by atoms with E-state index in [4.69, 9.17) is 0 Å². The topological polar surface area (TPSA) is 64.7 Å². The fourth-order valence-corrected chi connectivity index (χ4v) is 2.79. The molecule has 2 N–H and O–H groups in total. The summed E-state index contributed by atoms with van der Waals surface area (Å²) in [6, 6.07) is 7.93. The lowest BCUT2D eigenvalue weighted by Crippen LogP contribution is -2.41. The SMILES string of the molecule is CNC(=O)c1cccc(CCNC(=O)N2CCC(N(C)C)C2)c1. The molecule has 1 heterocycles. The van der Waals surface area contributed by atoms with Gasteiger partial charge < -0.3 is 20.4 Å². The van der Waals surface area contributed by atoms with Crippen LogP contribution in [0.25, 0.3) is 0 Å². The second-order valence-electron chi connectivity index (χ2n) is 6.11. The maximum Gasteiger partial charge on any atom is 0.317 e. The van der Waals surface area contributed by atoms with E-state index in [1.807, 2.05) is 37.2 Å². The highest BCUT2D eigenvalue weighted by molar-refractivity contribution is 5.94. The lowest BCUT2D eigenvalue weighted by atomic mass is 10.1. The summed E-state index contributed by atoms with van der Waals surface area (Å²) in [4.78, 5) is 27.8. The molecule has 1 aliphatic rings. The summed E-state index contributed by atoms with van der Waals surface area (Å²) in [7, 11) is 5.71. The van der Waals surface area contributed by atoms with Crippen molar-refractivity contribution in [1.82, 2.24) is 20.4 Å². The maximum absolute atomic E-state index is 12.2. The summed E-state index contributed by atoms with van der Waals surface area (Å²) in [6.07, 6.45) is 1.73. The standard InChI is InChI=1S/C17H26N4O2/c1-18-16(22)14-6-4-5-13(11-14)7-9-19-17(23)21-10-8-15(12-21)20(2)3/h4-6,11,15H,7-10,12H2,1-3H3,(H,18,22)(H,19,23). The van der Waals surface area contributed by atoms with Gasteiger partial charge in [-0.2, -0.15) is 0 Å². The number of carbonyl (C=O) groups excluding carboxylic acids is 2. The van der Waals surface area contributed by atoms with E-state index >= 15 is 0 Å². The van der Waals surface area contributed by atoms with E-state index in [1.165, 1.54) is 0 Å². The fourth-order valence-electron chi connectivity index (χ4n) is 2.79. The van der Waals surface area contributed by atoms with Crippen molar-refractivity contribution in [2.75, 3.05) is 40.8 Å². The van der Waals surface area contributed by atoms with Crippen LogP contribution in [0.2, 0.25) is 0 Å². The number of carbonyl (C=O) groups is 2. The molecule has 0 spiro atoms. The van der Waals surface area contributed by atoms with Crippen molar-refractivity contribution in [2.24, 2.45) is 0 Å². The van der Waals surface area contributed by atoms with E-state index in [-0.39, 0.29) is 11.9 Å². The number of benzene rings is 1. The van der Waals surface area contributed by atoms with Crippen molar-refractivity contribution in [3.8, 4) is 0 Å². The lowest BCUT2D eigenvalue weighted by Gasteiger charge is -2.20. The Morgan fingerprint density at radius 1 is 1.35 bits per heavy atom. The van der Waals surface area contributed by atoms with Gasteiger partial charge in [0.1, 0.15) is 0 Å². The molecule has 6 nitrogen and oxygen atoms in total. The van der Waals surface area contributed by atoms with Crippen LogP contribution >= 0.6 is 0 Å². The number of hydrogen-bond acceptors (Lipinski definition) is 3. The number of amides is 3. The molecule has 6 heteroatoms. The van der Waals surface area contributed by atoms with Gasteiger partial charge in [-0.25, -0.2) is 4.79 Å². The minimum atomic E-state index is -0.0947. The third kappa shape index (κ3) is 4.69. The van der Waals surface area contributed by atoms with Gasteiger partial charge >= 0.3 is 6.03 Å². The molecule has 0 saturated carbocycles. The van der Waals surface area contributed by atoms with Crippen molar-refractivity contribution in [3.05, 3.63) is 35.4 Å². The molecule has 0 aliphatic carbocycles. The van der Waals surface area contributed by atoms with Crippen LogP contribution in [-0.4, -0.2) is 68.6 Å². The zero-order valence-corrected chi connectivity index (χ0v) is 14.1. The molecule has 1 aromatic carbocycles. The van der Waals surface area contributed by atoms with E-state index in [0.29, 0.717) is 24.6 Å². The van der Waals surface area contributed by atoms with Gasteiger partial charge in [0.15, 0.2) is 0 Å². The molecule has 0 aromatic heterocycles. The van der Waals surface area contributed by atoms with Gasteiger partial charge in [-0.15, -0.1) is 0 Å². The number of urea groups is 1. The molecule has 1 aliphatic heterocycles. The first-order valence-corrected chi connectivity index (χ1v) is 8.01. The van der Waals surface area contributed by atoms with Gasteiger partial charge in [-0.1, -0.05) is 12.1 Å². The van der Waals surface area contributed by atoms with Crippen LogP contribution in [0, 0.1) is 0 Å². The second kappa shape index (κ2) is 7.97. The summed E-state index contributed by atoms with van der Waals surface area (Å²) < 4.78 is 0. The first kappa shape index (κ1) is 17.3. The van der Waals surface area contributed by atoms with Crippen LogP contribution in [0.5, 0.6) is 0 Å². The molecule has 23 heavy (non-hydrogen) atoms. The Hall–Kier alpha value is -2.08.